The third kappa shape index (κ3) is 1.95. The molecule has 0 aromatic heterocycles. The molecule has 3 rings (SSSR count). The molecule has 1 spiro atoms. The summed E-state index contributed by atoms with van der Waals surface area (Å²) in [4.78, 5) is 12.1. The second-order valence-electron chi connectivity index (χ2n) is 4.91. The summed E-state index contributed by atoms with van der Waals surface area (Å²) in [5.41, 5.74) is 1.49. The maximum Gasteiger partial charge on any atom is 0.255 e. The lowest BCUT2D eigenvalue weighted by Gasteiger charge is -2.43. The highest BCUT2D eigenvalue weighted by Crippen LogP contribution is 2.35. The van der Waals surface area contributed by atoms with Gasteiger partial charge in [-0.2, -0.15) is 0 Å². The maximum absolute atomic E-state index is 12.1. The summed E-state index contributed by atoms with van der Waals surface area (Å²) in [6.45, 7) is 0. The summed E-state index contributed by atoms with van der Waals surface area (Å²) in [5, 5.41) is 6.66. The van der Waals surface area contributed by atoms with Crippen molar-refractivity contribution in [3.05, 3.63) is 28.2 Å². The van der Waals surface area contributed by atoms with Crippen molar-refractivity contribution < 1.29 is 4.79 Å². The molecule has 90 valence electrons. The third-order valence-electron chi connectivity index (χ3n) is 3.66. The predicted octanol–water partition coefficient (Wildman–Crippen LogP) is 3.26. The van der Waals surface area contributed by atoms with Gasteiger partial charge >= 0.3 is 0 Å². The topological polar surface area (TPSA) is 41.1 Å². The van der Waals surface area contributed by atoms with Crippen LogP contribution in [0.5, 0.6) is 0 Å². The van der Waals surface area contributed by atoms with Crippen LogP contribution in [0.2, 0.25) is 0 Å². The molecule has 1 aliphatic carbocycles. The number of rotatable bonds is 0. The smallest absolute Gasteiger partial charge is 0.255 e. The first-order chi connectivity index (χ1) is 8.19. The van der Waals surface area contributed by atoms with Gasteiger partial charge in [0.05, 0.1) is 5.56 Å². The summed E-state index contributed by atoms with van der Waals surface area (Å²) in [5.74, 6) is 0.0435. The van der Waals surface area contributed by atoms with E-state index in [4.69, 9.17) is 0 Å². The summed E-state index contributed by atoms with van der Waals surface area (Å²) in [6.07, 6.45) is 5.67. The SMILES string of the molecule is O=C1NC2(CCCCC2)Nc2ccc(Br)cc21. The van der Waals surface area contributed by atoms with Crippen molar-refractivity contribution in [2.45, 2.75) is 37.8 Å². The van der Waals surface area contributed by atoms with Gasteiger partial charge in [0.25, 0.3) is 5.91 Å². The van der Waals surface area contributed by atoms with Crippen LogP contribution in [0.15, 0.2) is 22.7 Å². The molecule has 1 aromatic carbocycles. The number of hydrogen-bond acceptors (Lipinski definition) is 2. The summed E-state index contributed by atoms with van der Waals surface area (Å²) < 4.78 is 0.938. The fourth-order valence-electron chi connectivity index (χ4n) is 2.79. The van der Waals surface area contributed by atoms with E-state index in [-0.39, 0.29) is 11.6 Å². The Morgan fingerprint density at radius 1 is 1.12 bits per heavy atom. The number of carbonyl (C=O) groups is 1. The Labute approximate surface area is 109 Å². The first-order valence-electron chi connectivity index (χ1n) is 6.09. The van der Waals surface area contributed by atoms with Crippen LogP contribution in [0, 0.1) is 0 Å². The molecule has 1 aromatic rings. The number of nitrogens with one attached hydrogen (secondary N) is 2. The van der Waals surface area contributed by atoms with E-state index in [1.807, 2.05) is 18.2 Å². The lowest BCUT2D eigenvalue weighted by atomic mass is 9.86. The van der Waals surface area contributed by atoms with Gasteiger partial charge in [0.1, 0.15) is 5.66 Å². The lowest BCUT2D eigenvalue weighted by Crippen LogP contribution is -2.58. The molecule has 0 bridgehead atoms. The van der Waals surface area contributed by atoms with E-state index in [2.05, 4.69) is 26.6 Å². The van der Waals surface area contributed by atoms with E-state index >= 15 is 0 Å². The van der Waals surface area contributed by atoms with Gasteiger partial charge in [0.15, 0.2) is 0 Å². The van der Waals surface area contributed by atoms with Crippen LogP contribution in [-0.2, 0) is 0 Å². The lowest BCUT2D eigenvalue weighted by molar-refractivity contribution is 0.0876. The number of fused-ring (bicyclic) bond motifs is 1. The van der Waals surface area contributed by atoms with Crippen molar-refractivity contribution in [1.29, 1.82) is 0 Å². The Bertz CT molecular complexity index is 466. The van der Waals surface area contributed by atoms with Crippen molar-refractivity contribution in [1.82, 2.24) is 5.32 Å². The first kappa shape index (κ1) is 11.1. The Morgan fingerprint density at radius 3 is 2.65 bits per heavy atom. The van der Waals surface area contributed by atoms with Crippen molar-refractivity contribution >= 4 is 27.5 Å². The van der Waals surface area contributed by atoms with Crippen LogP contribution in [-0.4, -0.2) is 11.6 Å². The van der Waals surface area contributed by atoms with E-state index in [0.29, 0.717) is 0 Å². The average molecular weight is 295 g/mol. The Morgan fingerprint density at radius 2 is 1.88 bits per heavy atom. The minimum Gasteiger partial charge on any atom is -0.362 e. The van der Waals surface area contributed by atoms with E-state index in [9.17, 15) is 4.79 Å². The number of hydrogen-bond donors (Lipinski definition) is 2. The molecule has 17 heavy (non-hydrogen) atoms. The highest BCUT2D eigenvalue weighted by Gasteiger charge is 2.38. The zero-order valence-electron chi connectivity index (χ0n) is 9.55. The highest BCUT2D eigenvalue weighted by molar-refractivity contribution is 9.10. The van der Waals surface area contributed by atoms with Gasteiger partial charge in [-0.1, -0.05) is 22.4 Å². The molecular formula is C13H15BrN2O. The number of carbonyl (C=O) groups excluding carboxylic acids is 1. The molecule has 3 nitrogen and oxygen atoms in total. The Hall–Kier alpha value is -1.03. The maximum atomic E-state index is 12.1. The minimum atomic E-state index is -0.198. The zero-order valence-corrected chi connectivity index (χ0v) is 11.1. The van der Waals surface area contributed by atoms with Crippen LogP contribution < -0.4 is 10.6 Å². The highest BCUT2D eigenvalue weighted by atomic mass is 79.9. The molecule has 1 fully saturated rings. The standard InChI is InChI=1S/C13H15BrN2O/c14-9-4-5-11-10(8-9)12(17)16-13(15-11)6-2-1-3-7-13/h4-5,8,15H,1-3,6-7H2,(H,16,17). The van der Waals surface area contributed by atoms with Crippen molar-refractivity contribution in [3.63, 3.8) is 0 Å². The largest absolute Gasteiger partial charge is 0.362 e. The number of halogens is 1. The second kappa shape index (κ2) is 4.02. The fraction of sp³-hybridized carbons (Fsp3) is 0.462. The van der Waals surface area contributed by atoms with Crippen LogP contribution in [0.4, 0.5) is 5.69 Å². The minimum absolute atomic E-state index is 0.0435. The van der Waals surface area contributed by atoms with Gasteiger partial charge in [-0.05, 0) is 43.9 Å². The van der Waals surface area contributed by atoms with Gasteiger partial charge < -0.3 is 10.6 Å². The molecule has 0 saturated heterocycles. The van der Waals surface area contributed by atoms with Crippen molar-refractivity contribution in [3.8, 4) is 0 Å². The predicted molar refractivity (Wildman–Crippen MR) is 71.0 cm³/mol. The van der Waals surface area contributed by atoms with Crippen LogP contribution in [0.3, 0.4) is 0 Å². The summed E-state index contributed by atoms with van der Waals surface area (Å²) >= 11 is 3.40. The number of benzene rings is 1. The van der Waals surface area contributed by atoms with Crippen LogP contribution >= 0.6 is 15.9 Å². The van der Waals surface area contributed by atoms with Crippen LogP contribution in [0.1, 0.15) is 42.5 Å². The molecule has 1 aliphatic heterocycles. The Kier molecular flexibility index (Phi) is 2.62. The summed E-state index contributed by atoms with van der Waals surface area (Å²) in [6, 6.07) is 5.82. The quantitative estimate of drug-likeness (QED) is 0.771. The molecule has 4 heteroatoms. The molecule has 2 aliphatic rings. The molecule has 2 N–H and O–H groups in total. The molecule has 0 atom stereocenters. The van der Waals surface area contributed by atoms with Gasteiger partial charge in [-0.25, -0.2) is 0 Å². The van der Waals surface area contributed by atoms with Gasteiger partial charge in [0.2, 0.25) is 0 Å². The van der Waals surface area contributed by atoms with Gasteiger partial charge in [0, 0.05) is 10.2 Å². The zero-order chi connectivity index (χ0) is 11.9. The molecular weight excluding hydrogens is 280 g/mol. The molecule has 0 unspecified atom stereocenters. The monoisotopic (exact) mass is 294 g/mol. The average Bonchev–Trinajstić information content (AvgIpc) is 2.31. The summed E-state index contributed by atoms with van der Waals surface area (Å²) in [7, 11) is 0. The molecule has 0 radical (unpaired) electrons. The fourth-order valence-corrected chi connectivity index (χ4v) is 3.15. The van der Waals surface area contributed by atoms with Gasteiger partial charge in [-0.15, -0.1) is 0 Å². The van der Waals surface area contributed by atoms with Crippen molar-refractivity contribution in [2.75, 3.05) is 5.32 Å². The second-order valence-corrected chi connectivity index (χ2v) is 5.83. The number of amides is 1. The Balaban J connectivity index is 1.97. The molecule has 1 saturated carbocycles. The van der Waals surface area contributed by atoms with Crippen LogP contribution in [0.25, 0.3) is 0 Å². The van der Waals surface area contributed by atoms with E-state index in [1.54, 1.807) is 0 Å². The molecule has 1 amide bonds. The van der Waals surface area contributed by atoms with E-state index in [1.165, 1.54) is 19.3 Å². The molecule has 1 heterocycles. The van der Waals surface area contributed by atoms with Crippen molar-refractivity contribution in [2.24, 2.45) is 0 Å². The number of anilines is 1. The van der Waals surface area contributed by atoms with E-state index in [0.717, 1.165) is 28.6 Å². The van der Waals surface area contributed by atoms with E-state index < -0.39 is 0 Å². The first-order valence-corrected chi connectivity index (χ1v) is 6.88. The normalized spacial score (nSPS) is 21.6. The van der Waals surface area contributed by atoms with Gasteiger partial charge in [-0.3, -0.25) is 4.79 Å². The third-order valence-corrected chi connectivity index (χ3v) is 4.15.